The second kappa shape index (κ2) is 15.4. The summed E-state index contributed by atoms with van der Waals surface area (Å²) in [6, 6.07) is 76.8. The van der Waals surface area contributed by atoms with Crippen LogP contribution in [0.1, 0.15) is 0 Å². The zero-order chi connectivity index (χ0) is 41.7. The lowest BCUT2D eigenvalue weighted by atomic mass is 9.94. The molecule has 12 aromatic rings. The van der Waals surface area contributed by atoms with Gasteiger partial charge in [0.2, 0.25) is 0 Å². The second-order valence-electron chi connectivity index (χ2n) is 15.8. The van der Waals surface area contributed by atoms with Crippen molar-refractivity contribution in [1.82, 2.24) is 19.9 Å². The van der Waals surface area contributed by atoms with Gasteiger partial charge in [0.25, 0.3) is 0 Å². The van der Waals surface area contributed by atoms with Crippen LogP contribution in [0.15, 0.2) is 218 Å². The predicted molar refractivity (Wildman–Crippen MR) is 264 cm³/mol. The molecule has 0 aliphatic heterocycles. The van der Waals surface area contributed by atoms with Gasteiger partial charge in [-0.3, -0.25) is 0 Å². The molecule has 3 heterocycles. The van der Waals surface area contributed by atoms with Gasteiger partial charge in [-0.15, -0.1) is 11.3 Å². The Hall–Kier alpha value is -8.12. The standard InChI is InChI=1S/C58H36N4S/c1-3-15-37(16-4-1)38-31-33-41(34-32-38)57-60-56(40-18-5-2-6-19-40)61-58(62-57)45-24-12-22-43(36-45)42-21-11-23-44(35-42)47-27-14-29-50-52-49-26-9-10-30-51(49)63-55(52)54(59-53(47)50)48-28-13-20-39-17-7-8-25-46(39)48/h1-36H. The van der Waals surface area contributed by atoms with Crippen LogP contribution in [-0.2, 0) is 0 Å². The molecule has 0 saturated carbocycles. The monoisotopic (exact) mass is 820 g/mol. The quantitative estimate of drug-likeness (QED) is 0.161. The van der Waals surface area contributed by atoms with E-state index in [1.165, 1.54) is 36.5 Å². The molecular weight excluding hydrogens is 785 g/mol. The fraction of sp³-hybridized carbons (Fsp3) is 0. The normalized spacial score (nSPS) is 11.5. The highest BCUT2D eigenvalue weighted by Crippen LogP contribution is 2.46. The number of fused-ring (bicyclic) bond motifs is 6. The average Bonchev–Trinajstić information content (AvgIpc) is 3.77. The molecule has 0 saturated heterocycles. The van der Waals surface area contributed by atoms with Gasteiger partial charge in [-0.05, 0) is 56.8 Å². The Bertz CT molecular complexity index is 3670. The number of hydrogen-bond donors (Lipinski definition) is 0. The van der Waals surface area contributed by atoms with Gasteiger partial charge in [0.15, 0.2) is 17.5 Å². The first-order valence-corrected chi connectivity index (χ1v) is 21.9. The molecule has 3 aromatic heterocycles. The SMILES string of the molecule is c1ccc(-c2ccc(-c3nc(-c4ccccc4)nc(-c4cccc(-c5cccc(-c6cccc7c6nc(-c6cccc8ccccc68)c6sc8ccccc8c67)c5)c4)n3)cc2)cc1. The van der Waals surface area contributed by atoms with Crippen LogP contribution in [-0.4, -0.2) is 19.9 Å². The smallest absolute Gasteiger partial charge is 0.164 e. The molecule has 294 valence electrons. The first kappa shape index (κ1) is 36.7. The fourth-order valence-corrected chi connectivity index (χ4v) is 10.1. The Morgan fingerprint density at radius 3 is 1.54 bits per heavy atom. The van der Waals surface area contributed by atoms with E-state index in [0.29, 0.717) is 17.5 Å². The minimum atomic E-state index is 0.621. The van der Waals surface area contributed by atoms with Crippen molar-refractivity contribution < 1.29 is 0 Å². The lowest BCUT2D eigenvalue weighted by Gasteiger charge is -2.14. The third-order valence-corrected chi connectivity index (χ3v) is 13.1. The number of nitrogens with zero attached hydrogens (tertiary/aromatic N) is 4. The summed E-state index contributed by atoms with van der Waals surface area (Å²) in [5, 5.41) is 6.08. The van der Waals surface area contributed by atoms with Crippen LogP contribution < -0.4 is 0 Å². The van der Waals surface area contributed by atoms with Crippen LogP contribution in [0.25, 0.3) is 121 Å². The second-order valence-corrected chi connectivity index (χ2v) is 16.8. The van der Waals surface area contributed by atoms with E-state index in [1.807, 2.05) is 47.7 Å². The Kier molecular flexibility index (Phi) is 8.98. The van der Waals surface area contributed by atoms with E-state index in [-0.39, 0.29) is 0 Å². The summed E-state index contributed by atoms with van der Waals surface area (Å²) < 4.78 is 2.47. The topological polar surface area (TPSA) is 51.6 Å². The Balaban J connectivity index is 0.978. The van der Waals surface area contributed by atoms with Gasteiger partial charge in [-0.1, -0.05) is 200 Å². The van der Waals surface area contributed by atoms with Crippen molar-refractivity contribution >= 4 is 53.2 Å². The lowest BCUT2D eigenvalue weighted by Crippen LogP contribution is -2.00. The molecule has 0 aliphatic carbocycles. The summed E-state index contributed by atoms with van der Waals surface area (Å²) in [5.41, 5.74) is 12.6. The third-order valence-electron chi connectivity index (χ3n) is 11.9. The first-order chi connectivity index (χ1) is 31.2. The van der Waals surface area contributed by atoms with Crippen molar-refractivity contribution in [1.29, 1.82) is 0 Å². The van der Waals surface area contributed by atoms with Gasteiger partial charge < -0.3 is 0 Å². The van der Waals surface area contributed by atoms with Crippen molar-refractivity contribution in [2.75, 3.05) is 0 Å². The highest BCUT2D eigenvalue weighted by atomic mass is 32.1. The molecule has 63 heavy (non-hydrogen) atoms. The van der Waals surface area contributed by atoms with Crippen molar-refractivity contribution in [2.45, 2.75) is 0 Å². The fourth-order valence-electron chi connectivity index (χ4n) is 8.85. The zero-order valence-electron chi connectivity index (χ0n) is 34.0. The summed E-state index contributed by atoms with van der Waals surface area (Å²) in [6.45, 7) is 0. The van der Waals surface area contributed by atoms with Crippen molar-refractivity contribution in [3.05, 3.63) is 218 Å². The zero-order valence-corrected chi connectivity index (χ0v) is 34.8. The first-order valence-electron chi connectivity index (χ1n) is 21.1. The molecule has 4 nitrogen and oxygen atoms in total. The van der Waals surface area contributed by atoms with Crippen molar-refractivity contribution in [3.63, 3.8) is 0 Å². The summed E-state index contributed by atoms with van der Waals surface area (Å²) >= 11 is 1.83. The van der Waals surface area contributed by atoms with Crippen LogP contribution in [0.5, 0.6) is 0 Å². The van der Waals surface area contributed by atoms with Crippen LogP contribution in [0, 0.1) is 0 Å². The molecule has 0 spiro atoms. The summed E-state index contributed by atoms with van der Waals surface area (Å²) in [4.78, 5) is 20.8. The summed E-state index contributed by atoms with van der Waals surface area (Å²) in [6.07, 6.45) is 0. The van der Waals surface area contributed by atoms with Crippen molar-refractivity contribution in [2.24, 2.45) is 0 Å². The number of hydrogen-bond acceptors (Lipinski definition) is 5. The van der Waals surface area contributed by atoms with Gasteiger partial charge in [-0.2, -0.15) is 0 Å². The third kappa shape index (κ3) is 6.63. The number of para-hydroxylation sites is 1. The van der Waals surface area contributed by atoms with E-state index in [0.717, 1.165) is 66.7 Å². The molecule has 0 amide bonds. The summed E-state index contributed by atoms with van der Waals surface area (Å²) in [5.74, 6) is 1.88. The highest BCUT2D eigenvalue weighted by molar-refractivity contribution is 7.26. The van der Waals surface area contributed by atoms with Gasteiger partial charge in [0, 0.05) is 48.7 Å². The van der Waals surface area contributed by atoms with Crippen LogP contribution in [0.2, 0.25) is 0 Å². The molecule has 0 atom stereocenters. The summed E-state index contributed by atoms with van der Waals surface area (Å²) in [7, 11) is 0. The van der Waals surface area contributed by atoms with E-state index >= 15 is 0 Å². The number of benzene rings is 9. The molecular formula is C58H36N4S. The van der Waals surface area contributed by atoms with E-state index in [4.69, 9.17) is 19.9 Å². The minimum Gasteiger partial charge on any atom is -0.246 e. The molecule has 5 heteroatoms. The molecule has 9 aromatic carbocycles. The van der Waals surface area contributed by atoms with Crippen LogP contribution in [0.3, 0.4) is 0 Å². The van der Waals surface area contributed by atoms with Gasteiger partial charge in [0.1, 0.15) is 0 Å². The number of aromatic nitrogens is 4. The molecule has 12 rings (SSSR count). The Morgan fingerprint density at radius 2 is 0.778 bits per heavy atom. The van der Waals surface area contributed by atoms with Gasteiger partial charge >= 0.3 is 0 Å². The average molecular weight is 821 g/mol. The number of thiophene rings is 1. The van der Waals surface area contributed by atoms with Crippen LogP contribution in [0.4, 0.5) is 0 Å². The van der Waals surface area contributed by atoms with E-state index < -0.39 is 0 Å². The molecule has 0 unspecified atom stereocenters. The maximum Gasteiger partial charge on any atom is 0.164 e. The predicted octanol–water partition coefficient (Wildman–Crippen LogP) is 15.6. The molecule has 0 aliphatic rings. The van der Waals surface area contributed by atoms with Gasteiger partial charge in [0.05, 0.1) is 15.9 Å². The Labute approximate surface area is 368 Å². The molecule has 0 fully saturated rings. The maximum absolute atomic E-state index is 5.63. The van der Waals surface area contributed by atoms with E-state index in [2.05, 4.69) is 182 Å². The maximum atomic E-state index is 5.63. The number of pyridine rings is 1. The number of rotatable bonds is 7. The Morgan fingerprint density at radius 1 is 0.302 bits per heavy atom. The van der Waals surface area contributed by atoms with E-state index in [9.17, 15) is 0 Å². The van der Waals surface area contributed by atoms with E-state index in [1.54, 1.807) is 0 Å². The molecule has 0 radical (unpaired) electrons. The van der Waals surface area contributed by atoms with Crippen LogP contribution >= 0.6 is 11.3 Å². The minimum absolute atomic E-state index is 0.621. The molecule has 0 N–H and O–H groups in total. The van der Waals surface area contributed by atoms with Gasteiger partial charge in [-0.25, -0.2) is 19.9 Å². The van der Waals surface area contributed by atoms with Crippen molar-refractivity contribution in [3.8, 4) is 78.8 Å². The highest BCUT2D eigenvalue weighted by Gasteiger charge is 2.20. The lowest BCUT2D eigenvalue weighted by molar-refractivity contribution is 1.07. The molecule has 0 bridgehead atoms. The largest absolute Gasteiger partial charge is 0.246 e.